The average molecular weight is 662 g/mol. The maximum atomic E-state index is 13.5. The van der Waals surface area contributed by atoms with Gasteiger partial charge in [-0.25, -0.2) is 14.3 Å². The topological polar surface area (TPSA) is 178 Å². The Morgan fingerprint density at radius 3 is 2.72 bits per heavy atom. The third-order valence-electron chi connectivity index (χ3n) is 8.02. The van der Waals surface area contributed by atoms with Crippen LogP contribution in [0.1, 0.15) is 41.1 Å². The molecule has 1 aliphatic rings. The molecule has 0 spiro atoms. The highest BCUT2D eigenvalue weighted by Crippen LogP contribution is 2.35. The molecule has 0 saturated carbocycles. The second-order valence-electron chi connectivity index (χ2n) is 11.4. The lowest BCUT2D eigenvalue weighted by molar-refractivity contribution is -0.131. The fourth-order valence-electron chi connectivity index (χ4n) is 5.58. The van der Waals surface area contributed by atoms with E-state index in [1.807, 2.05) is 30.3 Å². The Morgan fingerprint density at radius 2 is 1.94 bits per heavy atom. The van der Waals surface area contributed by atoms with Crippen molar-refractivity contribution in [3.63, 3.8) is 0 Å². The van der Waals surface area contributed by atoms with Crippen LogP contribution in [0.25, 0.3) is 11.0 Å². The first kappa shape index (κ1) is 32.1. The number of fused-ring (bicyclic) bond motifs is 1. The number of hydrogen-bond donors (Lipinski definition) is 3. The molecule has 3 N–H and O–H groups in total. The number of aromatic nitrogens is 5. The van der Waals surface area contributed by atoms with Crippen LogP contribution in [0, 0.1) is 6.92 Å². The zero-order valence-corrected chi connectivity index (χ0v) is 26.1. The predicted molar refractivity (Wildman–Crippen MR) is 171 cm³/mol. The van der Waals surface area contributed by atoms with Crippen LogP contribution in [-0.2, 0) is 29.2 Å². The highest BCUT2D eigenvalue weighted by atomic mass is 35.5. The summed E-state index contributed by atoms with van der Waals surface area (Å²) in [6.07, 6.45) is 2.03. The summed E-state index contributed by atoms with van der Waals surface area (Å²) < 4.78 is 14.3. The fraction of sp³-hybridized carbons (Fsp3) is 0.312. The van der Waals surface area contributed by atoms with Crippen LogP contribution in [0.5, 0.6) is 0 Å². The van der Waals surface area contributed by atoms with Crippen LogP contribution in [-0.4, -0.2) is 59.7 Å². The van der Waals surface area contributed by atoms with Gasteiger partial charge in [-0.3, -0.25) is 19.1 Å². The minimum atomic E-state index is -0.721. The molecule has 15 heteroatoms. The quantitative estimate of drug-likeness (QED) is 0.178. The molecule has 3 atom stereocenters. The van der Waals surface area contributed by atoms with E-state index in [0.29, 0.717) is 39.2 Å². The second kappa shape index (κ2) is 13.8. The lowest BCUT2D eigenvalue weighted by Gasteiger charge is -2.23. The van der Waals surface area contributed by atoms with Gasteiger partial charge in [0, 0.05) is 41.7 Å². The summed E-state index contributed by atoms with van der Waals surface area (Å²) in [6.45, 7) is 1.73. The van der Waals surface area contributed by atoms with Crippen molar-refractivity contribution >= 4 is 28.5 Å². The first-order chi connectivity index (χ1) is 22.7. The third kappa shape index (κ3) is 7.25. The number of aryl methyl sites for hydroxylation is 1. The predicted octanol–water partition coefficient (Wildman–Crippen LogP) is 2.04. The maximum Gasteiger partial charge on any atom is 0.341 e. The van der Waals surface area contributed by atoms with Crippen molar-refractivity contribution in [3.05, 3.63) is 126 Å². The van der Waals surface area contributed by atoms with Crippen molar-refractivity contribution in [1.82, 2.24) is 34.8 Å². The number of carbonyl (C=O) groups is 1. The minimum absolute atomic E-state index is 0.0275. The van der Waals surface area contributed by atoms with Gasteiger partial charge in [-0.2, -0.15) is 0 Å². The van der Waals surface area contributed by atoms with E-state index >= 15 is 0 Å². The van der Waals surface area contributed by atoms with Crippen molar-refractivity contribution in [1.29, 1.82) is 0 Å². The lowest BCUT2D eigenvalue weighted by Crippen LogP contribution is -2.38. The molecule has 5 aromatic rings. The van der Waals surface area contributed by atoms with E-state index in [1.165, 1.54) is 10.8 Å². The van der Waals surface area contributed by atoms with Gasteiger partial charge in [0.05, 0.1) is 43.2 Å². The molecule has 6 rings (SSSR count). The highest BCUT2D eigenvalue weighted by Gasteiger charge is 2.38. The van der Waals surface area contributed by atoms with Gasteiger partial charge < -0.3 is 24.5 Å². The number of carbonyl (C=O) groups excluding carboxylic acids is 1. The summed E-state index contributed by atoms with van der Waals surface area (Å²) >= 11 is 6.14. The molecular weight excluding hydrogens is 630 g/mol. The molecule has 47 heavy (non-hydrogen) atoms. The van der Waals surface area contributed by atoms with Crippen molar-refractivity contribution in [2.45, 2.75) is 51.4 Å². The molecule has 4 heterocycles. The molecule has 244 valence electrons. The number of aliphatic hydroxyl groups is 1. The molecule has 0 radical (unpaired) electrons. The van der Waals surface area contributed by atoms with E-state index in [4.69, 9.17) is 20.8 Å². The number of rotatable bonds is 11. The van der Waals surface area contributed by atoms with Crippen LogP contribution in [0.2, 0.25) is 5.02 Å². The van der Waals surface area contributed by atoms with Gasteiger partial charge >= 0.3 is 11.3 Å². The van der Waals surface area contributed by atoms with Gasteiger partial charge in [-0.05, 0) is 36.8 Å². The van der Waals surface area contributed by atoms with Crippen LogP contribution >= 0.6 is 11.6 Å². The molecule has 1 fully saturated rings. The molecule has 2 aromatic carbocycles. The lowest BCUT2D eigenvalue weighted by atomic mass is 10.1. The molecule has 0 unspecified atom stereocenters. The van der Waals surface area contributed by atoms with Gasteiger partial charge in [0.2, 0.25) is 5.91 Å². The summed E-state index contributed by atoms with van der Waals surface area (Å²) in [5.74, 6) is -0.249. The number of ether oxygens (including phenoxy) is 1. The van der Waals surface area contributed by atoms with E-state index in [1.54, 1.807) is 47.0 Å². The van der Waals surface area contributed by atoms with E-state index in [9.17, 15) is 24.3 Å². The Kier molecular flexibility index (Phi) is 9.45. The van der Waals surface area contributed by atoms with Crippen LogP contribution < -0.4 is 22.2 Å². The Morgan fingerprint density at radius 1 is 1.13 bits per heavy atom. The molecule has 1 saturated heterocycles. The van der Waals surface area contributed by atoms with Gasteiger partial charge in [0.1, 0.15) is 17.9 Å². The molecule has 1 aliphatic heterocycles. The zero-order chi connectivity index (χ0) is 33.1. The first-order valence-corrected chi connectivity index (χ1v) is 15.3. The summed E-state index contributed by atoms with van der Waals surface area (Å²) in [7, 11) is 0. The van der Waals surface area contributed by atoms with Crippen molar-refractivity contribution in [2.75, 3.05) is 13.2 Å². The zero-order valence-electron chi connectivity index (χ0n) is 25.3. The smallest absolute Gasteiger partial charge is 0.341 e. The second-order valence-corrected chi connectivity index (χ2v) is 11.8. The van der Waals surface area contributed by atoms with Crippen LogP contribution in [0.3, 0.4) is 0 Å². The molecule has 3 aromatic heterocycles. The van der Waals surface area contributed by atoms with Crippen molar-refractivity contribution in [3.8, 4) is 0 Å². The number of halogens is 1. The summed E-state index contributed by atoms with van der Waals surface area (Å²) in [5.41, 5.74) is 0.904. The Balaban J connectivity index is 1.12. The number of nitrogens with zero attached hydrogens (tertiary/aromatic N) is 5. The van der Waals surface area contributed by atoms with E-state index in [2.05, 4.69) is 20.6 Å². The average Bonchev–Trinajstić information content (AvgIpc) is 3.70. The van der Waals surface area contributed by atoms with Crippen molar-refractivity contribution < 1.29 is 19.1 Å². The first-order valence-electron chi connectivity index (χ1n) is 14.9. The highest BCUT2D eigenvalue weighted by molar-refractivity contribution is 6.31. The van der Waals surface area contributed by atoms with E-state index in [-0.39, 0.29) is 38.7 Å². The number of nitrogens with one attached hydrogen (secondary N) is 2. The molecule has 0 aliphatic carbocycles. The molecule has 1 amide bonds. The summed E-state index contributed by atoms with van der Waals surface area (Å²) in [6, 6.07) is 15.7. The number of benzene rings is 2. The molecule has 0 bridgehead atoms. The standard InChI is InChI=1S/C32H32ClN7O7/c1-19-14-39(32(45)35-30(19)43)29-11-25(27(18-41)46-29)40-17-24(36-37-40)12-34-13-28(42)38(15-20-5-3-2-4-6-20)16-22-9-21-10-23(33)7-8-26(21)47-31(22)44/h2-10,14,17,25,27,29,34,41H,11-13,15-16,18H2,1H3,(H,35,43,45)/t25-,27+,29+/m0/s1. The Bertz CT molecular complexity index is 2070. The van der Waals surface area contributed by atoms with Crippen LogP contribution in [0.15, 0.2) is 85.8 Å². The number of aliphatic hydroxyl groups excluding tert-OH is 1. The van der Waals surface area contributed by atoms with Gasteiger partial charge in [0.25, 0.3) is 5.56 Å². The SMILES string of the molecule is Cc1cn([C@H]2C[C@H](n3cc(CNCC(=O)N(Cc4ccccc4)Cc4cc5cc(Cl)ccc5oc4=O)nn3)[C@@H](CO)O2)c(=O)[nH]c1=O. The summed E-state index contributed by atoms with van der Waals surface area (Å²) in [4.78, 5) is 54.3. The van der Waals surface area contributed by atoms with E-state index in [0.717, 1.165) is 5.56 Å². The maximum absolute atomic E-state index is 13.5. The minimum Gasteiger partial charge on any atom is -0.422 e. The fourth-order valence-corrected chi connectivity index (χ4v) is 5.76. The van der Waals surface area contributed by atoms with Gasteiger partial charge in [0.15, 0.2) is 0 Å². The molecule has 14 nitrogen and oxygen atoms in total. The normalized spacial score (nSPS) is 17.7. The number of hydrogen-bond acceptors (Lipinski definition) is 10. The third-order valence-corrected chi connectivity index (χ3v) is 8.25. The van der Waals surface area contributed by atoms with Gasteiger partial charge in [-0.1, -0.05) is 47.1 Å². The Hall–Kier alpha value is -4.89. The number of H-pyrrole nitrogens is 1. The van der Waals surface area contributed by atoms with Gasteiger partial charge in [-0.15, -0.1) is 5.10 Å². The monoisotopic (exact) mass is 661 g/mol. The van der Waals surface area contributed by atoms with Crippen LogP contribution in [0.4, 0.5) is 0 Å². The summed E-state index contributed by atoms with van der Waals surface area (Å²) in [5, 5.41) is 22.6. The molecular formula is C32H32ClN7O7. The number of amides is 1. The Labute approximate surface area is 272 Å². The van der Waals surface area contributed by atoms with Crippen molar-refractivity contribution in [2.24, 2.45) is 0 Å². The van der Waals surface area contributed by atoms with E-state index < -0.39 is 35.2 Å². The largest absolute Gasteiger partial charge is 0.422 e. The number of aromatic amines is 1.